The highest BCUT2D eigenvalue weighted by molar-refractivity contribution is 5.67. The van der Waals surface area contributed by atoms with Gasteiger partial charge in [-0.15, -0.1) is 0 Å². The zero-order valence-corrected chi connectivity index (χ0v) is 14.2. The van der Waals surface area contributed by atoms with Crippen molar-refractivity contribution < 1.29 is 14.3 Å². The smallest absolute Gasteiger partial charge is 0.407 e. The van der Waals surface area contributed by atoms with Crippen LogP contribution in [0.2, 0.25) is 0 Å². The average Bonchev–Trinajstić information content (AvgIpc) is 2.78. The Morgan fingerprint density at radius 3 is 2.71 bits per heavy atom. The van der Waals surface area contributed by atoms with Gasteiger partial charge in [-0.05, 0) is 34.1 Å². The largest absolute Gasteiger partial charge is 0.444 e. The van der Waals surface area contributed by atoms with Crippen molar-refractivity contribution in [2.45, 2.75) is 71.8 Å². The zero-order chi connectivity index (χ0) is 15.8. The highest BCUT2D eigenvalue weighted by Crippen LogP contribution is 2.52. The van der Waals surface area contributed by atoms with Gasteiger partial charge in [-0.3, -0.25) is 0 Å². The zero-order valence-electron chi connectivity index (χ0n) is 14.2. The van der Waals surface area contributed by atoms with Crippen LogP contribution in [0.3, 0.4) is 0 Å². The van der Waals surface area contributed by atoms with Crippen molar-refractivity contribution in [3.63, 3.8) is 0 Å². The summed E-state index contributed by atoms with van der Waals surface area (Å²) in [7, 11) is 0. The molecule has 1 amide bonds. The Morgan fingerprint density at radius 1 is 1.43 bits per heavy atom. The van der Waals surface area contributed by atoms with Crippen LogP contribution in [-0.2, 0) is 9.47 Å². The van der Waals surface area contributed by atoms with Crippen LogP contribution in [0.25, 0.3) is 0 Å². The van der Waals surface area contributed by atoms with Gasteiger partial charge in [-0.2, -0.15) is 0 Å². The van der Waals surface area contributed by atoms with Crippen LogP contribution in [0, 0.1) is 11.3 Å². The van der Waals surface area contributed by atoms with Crippen LogP contribution in [0.5, 0.6) is 0 Å². The third-order valence-corrected chi connectivity index (χ3v) is 4.52. The number of alkyl carbamates (subject to hydrolysis) is 1. The molecule has 0 aromatic carbocycles. The lowest BCUT2D eigenvalue weighted by Gasteiger charge is -2.55. The fourth-order valence-electron chi connectivity index (χ4n) is 3.58. The minimum Gasteiger partial charge on any atom is -0.444 e. The van der Waals surface area contributed by atoms with Crippen LogP contribution in [0.15, 0.2) is 0 Å². The molecule has 1 heterocycles. The van der Waals surface area contributed by atoms with E-state index in [9.17, 15) is 4.79 Å². The predicted octanol–water partition coefficient (Wildman–Crippen LogP) is 2.30. The molecule has 4 atom stereocenters. The van der Waals surface area contributed by atoms with Gasteiger partial charge in [0.05, 0.1) is 6.10 Å². The summed E-state index contributed by atoms with van der Waals surface area (Å²) >= 11 is 0. The lowest BCUT2D eigenvalue weighted by molar-refractivity contribution is -0.114. The molecule has 122 valence electrons. The summed E-state index contributed by atoms with van der Waals surface area (Å²) in [5.74, 6) is 0.615. The number of rotatable bonds is 4. The van der Waals surface area contributed by atoms with Gasteiger partial charge < -0.3 is 20.1 Å². The molecular formula is C16H30N2O3. The Hall–Kier alpha value is -0.810. The van der Waals surface area contributed by atoms with E-state index in [4.69, 9.17) is 9.47 Å². The van der Waals surface area contributed by atoms with Gasteiger partial charge in [0.2, 0.25) is 0 Å². The molecule has 5 heteroatoms. The number of ether oxygens (including phenoxy) is 2. The van der Waals surface area contributed by atoms with Crippen LogP contribution in [-0.4, -0.2) is 43.0 Å². The van der Waals surface area contributed by atoms with E-state index in [1.54, 1.807) is 0 Å². The number of nitrogens with one attached hydrogen (secondary N) is 2. The van der Waals surface area contributed by atoms with Gasteiger partial charge >= 0.3 is 6.09 Å². The van der Waals surface area contributed by atoms with Gasteiger partial charge in [0.25, 0.3) is 0 Å². The summed E-state index contributed by atoms with van der Waals surface area (Å²) in [6.07, 6.45) is 1.17. The van der Waals surface area contributed by atoms with E-state index in [1.165, 1.54) is 0 Å². The molecule has 1 saturated heterocycles. The molecule has 5 nitrogen and oxygen atoms in total. The van der Waals surface area contributed by atoms with E-state index in [-0.39, 0.29) is 17.6 Å². The van der Waals surface area contributed by atoms with E-state index in [0.29, 0.717) is 24.6 Å². The Bertz CT molecular complexity index is 389. The normalized spacial score (nSPS) is 32.0. The molecule has 2 fully saturated rings. The topological polar surface area (TPSA) is 59.6 Å². The van der Waals surface area contributed by atoms with Gasteiger partial charge in [0.1, 0.15) is 5.60 Å². The first-order valence-corrected chi connectivity index (χ1v) is 7.96. The van der Waals surface area contributed by atoms with E-state index < -0.39 is 5.60 Å². The van der Waals surface area contributed by atoms with Crippen LogP contribution >= 0.6 is 0 Å². The van der Waals surface area contributed by atoms with E-state index in [0.717, 1.165) is 13.0 Å². The van der Waals surface area contributed by atoms with Crippen LogP contribution in [0.4, 0.5) is 4.79 Å². The monoisotopic (exact) mass is 298 g/mol. The van der Waals surface area contributed by atoms with Gasteiger partial charge in [-0.1, -0.05) is 13.8 Å². The second kappa shape index (κ2) is 5.76. The van der Waals surface area contributed by atoms with E-state index in [1.807, 2.05) is 20.8 Å². The van der Waals surface area contributed by atoms with Crippen molar-refractivity contribution in [3.05, 3.63) is 0 Å². The Labute approximate surface area is 128 Å². The molecular weight excluding hydrogens is 268 g/mol. The third kappa shape index (κ3) is 3.69. The molecule has 0 spiro atoms. The highest BCUT2D eigenvalue weighted by Gasteiger charge is 2.59. The maximum absolute atomic E-state index is 11.7. The average molecular weight is 298 g/mol. The maximum Gasteiger partial charge on any atom is 0.407 e. The maximum atomic E-state index is 11.7. The molecule has 2 rings (SSSR count). The fourth-order valence-corrected chi connectivity index (χ4v) is 3.58. The van der Waals surface area contributed by atoms with Crippen LogP contribution in [0.1, 0.15) is 48.0 Å². The summed E-state index contributed by atoms with van der Waals surface area (Å²) < 4.78 is 11.0. The summed E-state index contributed by atoms with van der Waals surface area (Å²) in [5.41, 5.74) is -0.285. The third-order valence-electron chi connectivity index (χ3n) is 4.52. The molecule has 1 aliphatic heterocycles. The Morgan fingerprint density at radius 2 is 2.10 bits per heavy atom. The molecule has 21 heavy (non-hydrogen) atoms. The van der Waals surface area contributed by atoms with Crippen molar-refractivity contribution in [3.8, 4) is 0 Å². The second-order valence-corrected chi connectivity index (χ2v) is 7.99. The van der Waals surface area contributed by atoms with Crippen molar-refractivity contribution in [2.24, 2.45) is 11.3 Å². The van der Waals surface area contributed by atoms with Gasteiger partial charge in [-0.25, -0.2) is 4.79 Å². The molecule has 0 aromatic rings. The fraction of sp³-hybridized carbons (Fsp3) is 0.938. The van der Waals surface area contributed by atoms with Gasteiger partial charge in [0.15, 0.2) is 0 Å². The first kappa shape index (κ1) is 16.6. The molecule has 2 N–H and O–H groups in total. The van der Waals surface area contributed by atoms with Gasteiger partial charge in [0, 0.05) is 36.6 Å². The quantitative estimate of drug-likeness (QED) is 0.836. The van der Waals surface area contributed by atoms with Crippen molar-refractivity contribution in [1.82, 2.24) is 10.6 Å². The minimum absolute atomic E-state index is 0.168. The predicted molar refractivity (Wildman–Crippen MR) is 82.3 cm³/mol. The lowest BCUT2D eigenvalue weighted by atomic mass is 9.57. The summed E-state index contributed by atoms with van der Waals surface area (Å²) in [6.45, 7) is 13.6. The Kier molecular flexibility index (Phi) is 4.54. The molecule has 1 saturated carbocycles. The second-order valence-electron chi connectivity index (χ2n) is 7.99. The SMILES string of the molecule is CC(CNC(=O)OC(C)(C)C)NC1C2CCOC2C1(C)C. The molecule has 0 bridgehead atoms. The van der Waals surface area contributed by atoms with Crippen LogP contribution < -0.4 is 10.6 Å². The number of carbonyl (C=O) groups excluding carboxylic acids is 1. The summed E-state index contributed by atoms with van der Waals surface area (Å²) in [6, 6.07) is 0.670. The van der Waals surface area contributed by atoms with Crippen molar-refractivity contribution in [1.29, 1.82) is 0 Å². The molecule has 1 aliphatic carbocycles. The molecule has 4 unspecified atom stereocenters. The standard InChI is InChI=1S/C16H30N2O3/c1-10(9-17-14(19)21-15(2,3)4)18-12-11-7-8-20-13(11)16(12,5)6/h10-13,18H,7-9H2,1-6H3,(H,17,19). The Balaban J connectivity index is 1.75. The summed E-state index contributed by atoms with van der Waals surface area (Å²) in [5, 5.41) is 6.47. The molecule has 2 aliphatic rings. The first-order chi connectivity index (χ1) is 9.61. The number of amides is 1. The summed E-state index contributed by atoms with van der Waals surface area (Å²) in [4.78, 5) is 11.7. The van der Waals surface area contributed by atoms with E-state index >= 15 is 0 Å². The van der Waals surface area contributed by atoms with Crippen molar-refractivity contribution >= 4 is 6.09 Å². The van der Waals surface area contributed by atoms with Crippen molar-refractivity contribution in [2.75, 3.05) is 13.2 Å². The first-order valence-electron chi connectivity index (χ1n) is 7.96. The highest BCUT2D eigenvalue weighted by atomic mass is 16.6. The number of hydrogen-bond donors (Lipinski definition) is 2. The lowest BCUT2D eigenvalue weighted by Crippen LogP contribution is -2.67. The van der Waals surface area contributed by atoms with E-state index in [2.05, 4.69) is 31.4 Å². The number of fused-ring (bicyclic) bond motifs is 1. The molecule has 0 aromatic heterocycles. The molecule has 0 radical (unpaired) electrons. The minimum atomic E-state index is -0.453. The number of carbonyl (C=O) groups is 1. The number of hydrogen-bond acceptors (Lipinski definition) is 4.